The molecule has 1 aliphatic heterocycles. The molecule has 1 aromatic carbocycles. The first-order valence-electron chi connectivity index (χ1n) is 8.97. The maximum Gasteiger partial charge on any atom is 0.224 e. The van der Waals surface area contributed by atoms with Crippen molar-refractivity contribution in [3.05, 3.63) is 35.9 Å². The molecule has 3 nitrogen and oxygen atoms in total. The van der Waals surface area contributed by atoms with Crippen LogP contribution in [0.15, 0.2) is 30.3 Å². The van der Waals surface area contributed by atoms with Gasteiger partial charge in [0.05, 0.1) is 0 Å². The van der Waals surface area contributed by atoms with E-state index in [0.29, 0.717) is 24.4 Å². The van der Waals surface area contributed by atoms with Gasteiger partial charge in [0.2, 0.25) is 5.91 Å². The Kier molecular flexibility index (Phi) is 8.43. The maximum atomic E-state index is 13.0. The summed E-state index contributed by atoms with van der Waals surface area (Å²) < 4.78 is 0. The lowest BCUT2D eigenvalue weighted by molar-refractivity contribution is -0.135. The third-order valence-electron chi connectivity index (χ3n) is 4.95. The van der Waals surface area contributed by atoms with Crippen LogP contribution < -0.4 is 5.32 Å². The predicted octanol–water partition coefficient (Wildman–Crippen LogP) is 3.86. The van der Waals surface area contributed by atoms with E-state index >= 15 is 0 Å². The molecule has 1 N–H and O–H groups in total. The van der Waals surface area contributed by atoms with Gasteiger partial charge in [-0.25, -0.2) is 0 Å². The Morgan fingerprint density at radius 2 is 1.92 bits per heavy atom. The first-order chi connectivity index (χ1) is 11.3. The molecule has 1 aromatic rings. The van der Waals surface area contributed by atoms with Crippen LogP contribution in [-0.4, -0.2) is 40.9 Å². The monoisotopic (exact) mass is 368 g/mol. The zero-order chi connectivity index (χ0) is 15.9. The number of carbonyl (C=O) groups is 1. The van der Waals surface area contributed by atoms with Gasteiger partial charge in [0.1, 0.15) is 0 Å². The van der Waals surface area contributed by atoms with Gasteiger partial charge in [-0.15, -0.1) is 12.4 Å². The number of hydrogen-bond donors (Lipinski definition) is 1. The number of rotatable bonds is 5. The number of amides is 1. The molecule has 0 radical (unpaired) electrons. The predicted molar refractivity (Wildman–Crippen MR) is 105 cm³/mol. The van der Waals surface area contributed by atoms with Crippen LogP contribution in [0.25, 0.3) is 0 Å². The summed E-state index contributed by atoms with van der Waals surface area (Å²) in [6.45, 7) is 1.80. The molecular formula is C19H29ClN2OS. The lowest BCUT2D eigenvalue weighted by Gasteiger charge is -2.36. The summed E-state index contributed by atoms with van der Waals surface area (Å²) >= 11 is 1.96. The lowest BCUT2D eigenvalue weighted by Crippen LogP contribution is -2.46. The molecule has 1 saturated heterocycles. The van der Waals surface area contributed by atoms with Crippen LogP contribution in [0.2, 0.25) is 0 Å². The van der Waals surface area contributed by atoms with Crippen molar-refractivity contribution in [1.82, 2.24) is 10.2 Å². The largest absolute Gasteiger partial charge is 0.335 e. The molecule has 5 heteroatoms. The van der Waals surface area contributed by atoms with E-state index in [1.807, 2.05) is 17.8 Å². The number of halogens is 1. The highest BCUT2D eigenvalue weighted by Crippen LogP contribution is 2.25. The highest BCUT2D eigenvalue weighted by atomic mass is 35.5. The molecule has 1 aliphatic carbocycles. The van der Waals surface area contributed by atoms with E-state index in [2.05, 4.69) is 34.5 Å². The van der Waals surface area contributed by atoms with E-state index in [0.717, 1.165) is 18.8 Å². The standard InChI is InChI=1S/C19H28N2OS.ClH/c22-19(13-17-15-23-12-11-20-17)21(18-9-5-2-6-10-18)14-16-7-3-1-4-8-16;/h1,3-4,7-8,17-18,20H,2,5-6,9-15H2;1H. The Labute approximate surface area is 156 Å². The van der Waals surface area contributed by atoms with Gasteiger partial charge in [-0.05, 0) is 18.4 Å². The van der Waals surface area contributed by atoms with Crippen molar-refractivity contribution >= 4 is 30.1 Å². The van der Waals surface area contributed by atoms with Crippen molar-refractivity contribution < 1.29 is 4.79 Å². The summed E-state index contributed by atoms with van der Waals surface area (Å²) in [6.07, 6.45) is 6.85. The van der Waals surface area contributed by atoms with Gasteiger partial charge in [0, 0.05) is 43.1 Å². The van der Waals surface area contributed by atoms with Gasteiger partial charge >= 0.3 is 0 Å². The smallest absolute Gasteiger partial charge is 0.224 e. The van der Waals surface area contributed by atoms with Gasteiger partial charge in [0.15, 0.2) is 0 Å². The second kappa shape index (κ2) is 10.3. The summed E-state index contributed by atoms with van der Waals surface area (Å²) in [4.78, 5) is 15.2. The van der Waals surface area contributed by atoms with Crippen LogP contribution in [-0.2, 0) is 11.3 Å². The molecule has 0 bridgehead atoms. The average molecular weight is 369 g/mol. The fourth-order valence-electron chi connectivity index (χ4n) is 3.67. The minimum absolute atomic E-state index is 0. The third kappa shape index (κ3) is 5.68. The zero-order valence-corrected chi connectivity index (χ0v) is 15.9. The maximum absolute atomic E-state index is 13.0. The number of hydrogen-bond acceptors (Lipinski definition) is 3. The van der Waals surface area contributed by atoms with E-state index in [-0.39, 0.29) is 12.4 Å². The van der Waals surface area contributed by atoms with Crippen molar-refractivity contribution in [1.29, 1.82) is 0 Å². The van der Waals surface area contributed by atoms with Crippen molar-refractivity contribution in [3.8, 4) is 0 Å². The van der Waals surface area contributed by atoms with E-state index in [4.69, 9.17) is 0 Å². The highest BCUT2D eigenvalue weighted by molar-refractivity contribution is 7.99. The quantitative estimate of drug-likeness (QED) is 0.856. The first kappa shape index (κ1) is 19.6. The van der Waals surface area contributed by atoms with Crippen molar-refractivity contribution in [3.63, 3.8) is 0 Å². The summed E-state index contributed by atoms with van der Waals surface area (Å²) in [5, 5.41) is 3.50. The van der Waals surface area contributed by atoms with Gasteiger partial charge in [-0.2, -0.15) is 11.8 Å². The van der Waals surface area contributed by atoms with E-state index in [1.54, 1.807) is 0 Å². The van der Waals surface area contributed by atoms with Crippen LogP contribution >= 0.6 is 24.2 Å². The van der Waals surface area contributed by atoms with Crippen LogP contribution in [0, 0.1) is 0 Å². The summed E-state index contributed by atoms with van der Waals surface area (Å²) in [7, 11) is 0. The molecule has 1 unspecified atom stereocenters. The molecule has 3 rings (SSSR count). The van der Waals surface area contributed by atoms with Crippen molar-refractivity contribution in [2.45, 2.75) is 57.2 Å². The van der Waals surface area contributed by atoms with E-state index in [9.17, 15) is 4.79 Å². The van der Waals surface area contributed by atoms with E-state index in [1.165, 1.54) is 43.4 Å². The molecule has 0 spiro atoms. The number of nitrogens with zero attached hydrogens (tertiary/aromatic N) is 1. The fraction of sp³-hybridized carbons (Fsp3) is 0.632. The normalized spacial score (nSPS) is 21.8. The van der Waals surface area contributed by atoms with Crippen LogP contribution in [0.5, 0.6) is 0 Å². The molecule has 24 heavy (non-hydrogen) atoms. The van der Waals surface area contributed by atoms with Gasteiger partial charge < -0.3 is 10.2 Å². The van der Waals surface area contributed by atoms with Gasteiger partial charge in [0.25, 0.3) is 0 Å². The minimum Gasteiger partial charge on any atom is -0.335 e. The Bertz CT molecular complexity index is 487. The first-order valence-corrected chi connectivity index (χ1v) is 10.1. The van der Waals surface area contributed by atoms with Crippen molar-refractivity contribution in [2.24, 2.45) is 0 Å². The van der Waals surface area contributed by atoms with Gasteiger partial charge in [-0.1, -0.05) is 49.6 Å². The zero-order valence-electron chi connectivity index (χ0n) is 14.3. The molecule has 134 valence electrons. The Morgan fingerprint density at radius 3 is 2.58 bits per heavy atom. The van der Waals surface area contributed by atoms with Crippen LogP contribution in [0.1, 0.15) is 44.1 Å². The molecule has 2 aliphatic rings. The minimum atomic E-state index is 0. The second-order valence-corrected chi connectivity index (χ2v) is 7.88. The Morgan fingerprint density at radius 1 is 1.17 bits per heavy atom. The van der Waals surface area contributed by atoms with Crippen LogP contribution in [0.4, 0.5) is 0 Å². The molecule has 1 saturated carbocycles. The number of carbonyl (C=O) groups excluding carboxylic acids is 1. The summed E-state index contributed by atoms with van der Waals surface area (Å²) in [5.41, 5.74) is 1.25. The molecule has 1 amide bonds. The average Bonchev–Trinajstić information content (AvgIpc) is 2.62. The lowest BCUT2D eigenvalue weighted by atomic mass is 9.93. The molecule has 1 heterocycles. The number of thioether (sulfide) groups is 1. The van der Waals surface area contributed by atoms with Crippen LogP contribution in [0.3, 0.4) is 0 Å². The molecule has 2 fully saturated rings. The molecule has 1 atom stereocenters. The Hall–Kier alpha value is -0.710. The third-order valence-corrected chi connectivity index (χ3v) is 6.08. The summed E-state index contributed by atoms with van der Waals surface area (Å²) in [5.74, 6) is 2.57. The van der Waals surface area contributed by atoms with Gasteiger partial charge in [-0.3, -0.25) is 4.79 Å². The SMILES string of the molecule is Cl.O=C(CC1CSCCN1)N(Cc1ccccc1)C1CCCCC1. The summed E-state index contributed by atoms with van der Waals surface area (Å²) in [6, 6.07) is 11.2. The molecular weight excluding hydrogens is 340 g/mol. The molecule has 0 aromatic heterocycles. The topological polar surface area (TPSA) is 32.3 Å². The second-order valence-electron chi connectivity index (χ2n) is 6.73. The number of benzene rings is 1. The number of nitrogens with one attached hydrogen (secondary N) is 1. The van der Waals surface area contributed by atoms with E-state index < -0.39 is 0 Å². The highest BCUT2D eigenvalue weighted by Gasteiger charge is 2.27. The Balaban J connectivity index is 0.00000208. The van der Waals surface area contributed by atoms with Crippen molar-refractivity contribution in [2.75, 3.05) is 18.1 Å². The fourth-order valence-corrected chi connectivity index (χ4v) is 4.62.